The molecule has 2 heterocycles. The number of para-hydroxylation sites is 1. The van der Waals surface area contributed by atoms with Gasteiger partial charge in [-0.1, -0.05) is 18.2 Å². The van der Waals surface area contributed by atoms with Crippen molar-refractivity contribution < 1.29 is 9.53 Å². The molecule has 0 aliphatic carbocycles. The number of carbonyl (C=O) groups excluding carboxylic acids is 1. The Bertz CT molecular complexity index is 621. The first-order chi connectivity index (χ1) is 12.7. The van der Waals surface area contributed by atoms with Gasteiger partial charge in [0.2, 0.25) is 0 Å². The average Bonchev–Trinajstić information content (AvgIpc) is 2.67. The number of hydrogen-bond acceptors (Lipinski definition) is 5. The second kappa shape index (κ2) is 9.70. The highest BCUT2D eigenvalue weighted by molar-refractivity contribution is 7.80. The summed E-state index contributed by atoms with van der Waals surface area (Å²) in [5, 5.41) is 3.55. The van der Waals surface area contributed by atoms with E-state index in [1.807, 2.05) is 12.1 Å². The minimum Gasteiger partial charge on any atom is -0.379 e. The van der Waals surface area contributed by atoms with Crippen molar-refractivity contribution in [3.8, 4) is 0 Å². The van der Waals surface area contributed by atoms with Crippen molar-refractivity contribution in [2.75, 3.05) is 57.4 Å². The molecule has 1 fully saturated rings. The lowest BCUT2D eigenvalue weighted by atomic mass is 10.0. The van der Waals surface area contributed by atoms with Crippen LogP contribution in [0.5, 0.6) is 0 Å². The van der Waals surface area contributed by atoms with E-state index >= 15 is 0 Å². The molecule has 0 radical (unpaired) electrons. The van der Waals surface area contributed by atoms with Crippen LogP contribution in [0.1, 0.15) is 12.0 Å². The number of morpholine rings is 1. The number of fused-ring (bicyclic) bond motifs is 1. The normalized spacial score (nSPS) is 17.3. The fraction of sp³-hybridized carbons (Fsp3) is 0.556. The largest absolute Gasteiger partial charge is 0.379 e. The monoisotopic (exact) mass is 377 g/mol. The van der Waals surface area contributed by atoms with Crippen LogP contribution in [0, 0.1) is 0 Å². The molecule has 0 aromatic heterocycles. The highest BCUT2D eigenvalue weighted by Gasteiger charge is 2.18. The molecule has 0 unspecified atom stereocenters. The van der Waals surface area contributed by atoms with Gasteiger partial charge >= 0.3 is 0 Å². The number of anilines is 1. The average molecular weight is 378 g/mol. The Hall–Kier alpha value is -1.90. The van der Waals surface area contributed by atoms with E-state index in [1.165, 1.54) is 5.56 Å². The maximum Gasteiger partial charge on any atom is 0.257 e. The molecule has 26 heavy (non-hydrogen) atoms. The number of thiocarbonyl (C=S) groups is 1. The molecule has 3 rings (SSSR count). The van der Waals surface area contributed by atoms with Crippen molar-refractivity contribution in [1.29, 1.82) is 0 Å². The van der Waals surface area contributed by atoms with Crippen LogP contribution in [0.4, 0.5) is 5.69 Å². The van der Waals surface area contributed by atoms with Gasteiger partial charge in [0.05, 0.1) is 19.8 Å². The lowest BCUT2D eigenvalue weighted by Gasteiger charge is -2.30. The van der Waals surface area contributed by atoms with Crippen LogP contribution >= 0.6 is 12.2 Å². The summed E-state index contributed by atoms with van der Waals surface area (Å²) in [6.07, 6.45) is 2.14. The third-order valence-corrected chi connectivity index (χ3v) is 4.92. The van der Waals surface area contributed by atoms with Gasteiger partial charge in [0.15, 0.2) is 5.11 Å². The van der Waals surface area contributed by atoms with Gasteiger partial charge in [0, 0.05) is 38.4 Å². The highest BCUT2D eigenvalue weighted by Crippen LogP contribution is 2.26. The zero-order valence-electron chi connectivity index (χ0n) is 15.0. The first-order valence-corrected chi connectivity index (χ1v) is 9.59. The van der Waals surface area contributed by atoms with E-state index in [-0.39, 0.29) is 5.91 Å². The molecule has 0 spiro atoms. The van der Waals surface area contributed by atoms with Crippen LogP contribution < -0.4 is 21.1 Å². The molecule has 0 bridgehead atoms. The van der Waals surface area contributed by atoms with E-state index in [0.29, 0.717) is 11.7 Å². The smallest absolute Gasteiger partial charge is 0.257 e. The Morgan fingerprint density at radius 2 is 1.96 bits per heavy atom. The number of aryl methyl sites for hydroxylation is 1. The van der Waals surface area contributed by atoms with Crippen LogP contribution in [0.3, 0.4) is 0 Å². The summed E-state index contributed by atoms with van der Waals surface area (Å²) in [5.74, 6) is -0.0981. The zero-order valence-corrected chi connectivity index (χ0v) is 15.8. The summed E-state index contributed by atoms with van der Waals surface area (Å²) in [4.78, 5) is 16.7. The molecule has 0 atom stereocenters. The maximum atomic E-state index is 12.2. The second-order valence-electron chi connectivity index (χ2n) is 6.54. The lowest BCUT2D eigenvalue weighted by molar-refractivity contribution is -0.120. The minimum atomic E-state index is -0.0981. The first kappa shape index (κ1) is 18.9. The zero-order chi connectivity index (χ0) is 18.2. The number of ether oxygens (including phenoxy) is 1. The topological polar surface area (TPSA) is 68.9 Å². The molecule has 8 heteroatoms. The van der Waals surface area contributed by atoms with Gasteiger partial charge in [-0.05, 0) is 36.7 Å². The summed E-state index contributed by atoms with van der Waals surface area (Å²) >= 11 is 5.21. The fourth-order valence-corrected chi connectivity index (χ4v) is 3.46. The second-order valence-corrected chi connectivity index (χ2v) is 6.95. The number of rotatable bonds is 5. The van der Waals surface area contributed by atoms with Gasteiger partial charge in [0.25, 0.3) is 5.91 Å². The van der Waals surface area contributed by atoms with Gasteiger partial charge in [-0.3, -0.25) is 20.5 Å². The maximum absolute atomic E-state index is 12.2. The third-order valence-electron chi connectivity index (χ3n) is 4.67. The third kappa shape index (κ3) is 5.55. The van der Waals surface area contributed by atoms with E-state index in [9.17, 15) is 4.79 Å². The van der Waals surface area contributed by atoms with Gasteiger partial charge in [0.1, 0.15) is 0 Å². The molecular weight excluding hydrogens is 350 g/mol. The van der Waals surface area contributed by atoms with E-state index in [1.54, 1.807) is 0 Å². The predicted octanol–water partition coefficient (Wildman–Crippen LogP) is 0.267. The molecule has 2 aliphatic rings. The van der Waals surface area contributed by atoms with Gasteiger partial charge < -0.3 is 15.0 Å². The summed E-state index contributed by atoms with van der Waals surface area (Å²) in [6.45, 7) is 6.35. The standard InChI is InChI=1S/C18H27N5O2S/c24-17(14-23-8-3-5-15-4-1-2-6-16(15)23)20-21-18(26)19-7-9-22-10-12-25-13-11-22/h1-2,4,6H,3,5,7-14H2,(H,20,24)(H2,19,21,26). The number of hydrazine groups is 1. The van der Waals surface area contributed by atoms with Crippen LogP contribution in [0.15, 0.2) is 24.3 Å². The number of nitrogens with zero attached hydrogens (tertiary/aromatic N) is 2. The fourth-order valence-electron chi connectivity index (χ4n) is 3.31. The molecule has 7 nitrogen and oxygen atoms in total. The Kier molecular flexibility index (Phi) is 7.04. The van der Waals surface area contributed by atoms with Crippen LogP contribution in [-0.2, 0) is 16.0 Å². The number of benzene rings is 1. The van der Waals surface area contributed by atoms with Crippen LogP contribution in [0.25, 0.3) is 0 Å². The van der Waals surface area contributed by atoms with Crippen molar-refractivity contribution in [2.45, 2.75) is 12.8 Å². The van der Waals surface area contributed by atoms with Crippen molar-refractivity contribution in [1.82, 2.24) is 21.1 Å². The SMILES string of the molecule is O=C(CN1CCCc2ccccc21)NNC(=S)NCCN1CCOCC1. The van der Waals surface area contributed by atoms with Gasteiger partial charge in [-0.25, -0.2) is 0 Å². The summed E-state index contributed by atoms with van der Waals surface area (Å²) in [7, 11) is 0. The molecule has 1 amide bonds. The molecule has 1 aromatic carbocycles. The number of hydrogen-bond donors (Lipinski definition) is 3. The van der Waals surface area contributed by atoms with Crippen LogP contribution in [0.2, 0.25) is 0 Å². The summed E-state index contributed by atoms with van der Waals surface area (Å²) < 4.78 is 5.32. The predicted molar refractivity (Wildman–Crippen MR) is 106 cm³/mol. The number of amides is 1. The van der Waals surface area contributed by atoms with Crippen molar-refractivity contribution >= 4 is 28.9 Å². The van der Waals surface area contributed by atoms with E-state index in [2.05, 4.69) is 38.1 Å². The Balaban J connectivity index is 1.34. The van der Waals surface area contributed by atoms with E-state index in [0.717, 1.165) is 64.5 Å². The lowest BCUT2D eigenvalue weighted by Crippen LogP contribution is -2.51. The Labute approximate surface area is 160 Å². The molecule has 0 saturated carbocycles. The van der Waals surface area contributed by atoms with Crippen LogP contribution in [-0.4, -0.2) is 68.4 Å². The first-order valence-electron chi connectivity index (χ1n) is 9.18. The molecule has 1 aromatic rings. The summed E-state index contributed by atoms with van der Waals surface area (Å²) in [6, 6.07) is 8.27. The number of carbonyl (C=O) groups is 1. The van der Waals surface area contributed by atoms with E-state index < -0.39 is 0 Å². The van der Waals surface area contributed by atoms with Gasteiger partial charge in [-0.15, -0.1) is 0 Å². The number of nitrogens with one attached hydrogen (secondary N) is 3. The van der Waals surface area contributed by atoms with Gasteiger partial charge in [-0.2, -0.15) is 0 Å². The quantitative estimate of drug-likeness (QED) is 0.503. The molecule has 1 saturated heterocycles. The van der Waals surface area contributed by atoms with Crippen molar-refractivity contribution in [3.05, 3.63) is 29.8 Å². The highest BCUT2D eigenvalue weighted by atomic mass is 32.1. The summed E-state index contributed by atoms with van der Waals surface area (Å²) in [5.41, 5.74) is 7.92. The Morgan fingerprint density at radius 1 is 1.15 bits per heavy atom. The minimum absolute atomic E-state index is 0.0981. The molecular formula is C18H27N5O2S. The Morgan fingerprint density at radius 3 is 2.81 bits per heavy atom. The van der Waals surface area contributed by atoms with Crippen molar-refractivity contribution in [2.24, 2.45) is 0 Å². The molecule has 3 N–H and O–H groups in total. The van der Waals surface area contributed by atoms with E-state index in [4.69, 9.17) is 17.0 Å². The molecule has 2 aliphatic heterocycles. The van der Waals surface area contributed by atoms with Crippen molar-refractivity contribution in [3.63, 3.8) is 0 Å². The molecule has 142 valence electrons.